The van der Waals surface area contributed by atoms with Crippen LogP contribution in [0.5, 0.6) is 5.75 Å². The molecule has 0 aromatic heterocycles. The minimum atomic E-state index is -0.406. The number of rotatable bonds is 5. The number of hydrazone groups is 1. The minimum absolute atomic E-state index is 0.0789. The van der Waals surface area contributed by atoms with Crippen LogP contribution in [-0.2, 0) is 0 Å². The van der Waals surface area contributed by atoms with Gasteiger partial charge in [-0.3, -0.25) is 9.59 Å². The van der Waals surface area contributed by atoms with Gasteiger partial charge in [-0.05, 0) is 53.2 Å². The highest BCUT2D eigenvalue weighted by atomic mass is 16.3. The number of hydrogen-bond acceptors (Lipinski definition) is 4. The highest BCUT2D eigenvalue weighted by Crippen LogP contribution is 2.25. The number of amides is 2. The Morgan fingerprint density at radius 1 is 0.742 bits per heavy atom. The summed E-state index contributed by atoms with van der Waals surface area (Å²) in [7, 11) is 0. The van der Waals surface area contributed by atoms with E-state index in [-0.39, 0.29) is 11.7 Å². The van der Waals surface area contributed by atoms with E-state index in [2.05, 4.69) is 15.8 Å². The molecule has 2 amide bonds. The SMILES string of the molecule is O=C(N/N=C/c1c(O)ccc2ccccc12)c1ccc(NC(=O)c2ccccc2)cc1. The molecule has 31 heavy (non-hydrogen) atoms. The molecule has 152 valence electrons. The number of anilines is 1. The smallest absolute Gasteiger partial charge is 0.271 e. The summed E-state index contributed by atoms with van der Waals surface area (Å²) in [4.78, 5) is 24.6. The molecule has 6 nitrogen and oxygen atoms in total. The molecular formula is C25H19N3O3. The van der Waals surface area contributed by atoms with Crippen LogP contribution in [-0.4, -0.2) is 23.1 Å². The van der Waals surface area contributed by atoms with Crippen molar-refractivity contribution < 1.29 is 14.7 Å². The number of fused-ring (bicyclic) bond motifs is 1. The Morgan fingerprint density at radius 2 is 1.42 bits per heavy atom. The maximum Gasteiger partial charge on any atom is 0.271 e. The number of phenols is 1. The summed E-state index contributed by atoms with van der Waals surface area (Å²) in [5.41, 5.74) is 4.50. The fraction of sp³-hybridized carbons (Fsp3) is 0. The lowest BCUT2D eigenvalue weighted by Gasteiger charge is -2.07. The first-order valence-corrected chi connectivity index (χ1v) is 9.62. The first kappa shape index (κ1) is 19.8. The Morgan fingerprint density at radius 3 is 2.19 bits per heavy atom. The molecule has 0 aliphatic rings. The molecule has 0 saturated carbocycles. The van der Waals surface area contributed by atoms with Crippen molar-refractivity contribution >= 4 is 34.5 Å². The molecule has 3 N–H and O–H groups in total. The van der Waals surface area contributed by atoms with Crippen LogP contribution < -0.4 is 10.7 Å². The summed E-state index contributed by atoms with van der Waals surface area (Å²) >= 11 is 0. The summed E-state index contributed by atoms with van der Waals surface area (Å²) in [6.07, 6.45) is 1.42. The van der Waals surface area contributed by atoms with E-state index in [9.17, 15) is 14.7 Å². The van der Waals surface area contributed by atoms with E-state index >= 15 is 0 Å². The Balaban J connectivity index is 1.42. The molecule has 0 heterocycles. The van der Waals surface area contributed by atoms with E-state index in [1.54, 1.807) is 54.6 Å². The number of nitrogens with zero attached hydrogens (tertiary/aromatic N) is 1. The lowest BCUT2D eigenvalue weighted by atomic mass is 10.0. The maximum atomic E-state index is 12.4. The molecule has 0 saturated heterocycles. The zero-order valence-electron chi connectivity index (χ0n) is 16.4. The van der Waals surface area contributed by atoms with Crippen LogP contribution in [0.2, 0.25) is 0 Å². The molecule has 4 aromatic rings. The van der Waals surface area contributed by atoms with Crippen molar-refractivity contribution in [1.82, 2.24) is 5.43 Å². The van der Waals surface area contributed by atoms with Crippen molar-refractivity contribution in [3.05, 3.63) is 108 Å². The average molecular weight is 409 g/mol. The van der Waals surface area contributed by atoms with E-state index in [0.717, 1.165) is 10.8 Å². The predicted octanol–water partition coefficient (Wildman–Crippen LogP) is 4.56. The van der Waals surface area contributed by atoms with E-state index < -0.39 is 5.91 Å². The Hall–Kier alpha value is -4.45. The molecule has 0 fully saturated rings. The molecule has 4 aromatic carbocycles. The zero-order chi connectivity index (χ0) is 21.6. The summed E-state index contributed by atoms with van der Waals surface area (Å²) < 4.78 is 0. The van der Waals surface area contributed by atoms with Crippen molar-refractivity contribution in [3.8, 4) is 5.75 Å². The normalized spacial score (nSPS) is 10.8. The van der Waals surface area contributed by atoms with E-state index in [1.807, 2.05) is 36.4 Å². The molecule has 0 spiro atoms. The van der Waals surface area contributed by atoms with Gasteiger partial charge in [0.05, 0.1) is 6.21 Å². The van der Waals surface area contributed by atoms with E-state index in [1.165, 1.54) is 6.21 Å². The molecule has 0 bridgehead atoms. The second-order valence-corrected chi connectivity index (χ2v) is 6.82. The van der Waals surface area contributed by atoms with Gasteiger partial charge in [0.25, 0.3) is 11.8 Å². The van der Waals surface area contributed by atoms with Crippen LogP contribution in [0.15, 0.2) is 96.1 Å². The minimum Gasteiger partial charge on any atom is -0.507 e. The molecule has 0 aliphatic heterocycles. The van der Waals surface area contributed by atoms with Crippen LogP contribution in [0.1, 0.15) is 26.3 Å². The highest BCUT2D eigenvalue weighted by molar-refractivity contribution is 6.05. The van der Waals surface area contributed by atoms with Gasteiger partial charge in [-0.1, -0.05) is 48.5 Å². The number of carbonyl (C=O) groups is 2. The maximum absolute atomic E-state index is 12.4. The predicted molar refractivity (Wildman–Crippen MR) is 122 cm³/mol. The van der Waals surface area contributed by atoms with Gasteiger partial charge in [-0.25, -0.2) is 5.43 Å². The van der Waals surface area contributed by atoms with E-state index in [0.29, 0.717) is 22.4 Å². The van der Waals surface area contributed by atoms with Crippen molar-refractivity contribution in [1.29, 1.82) is 0 Å². The van der Waals surface area contributed by atoms with Crippen LogP contribution in [0.3, 0.4) is 0 Å². The summed E-state index contributed by atoms with van der Waals surface area (Å²) in [6, 6.07) is 26.4. The molecular weight excluding hydrogens is 390 g/mol. The summed E-state index contributed by atoms with van der Waals surface area (Å²) in [5.74, 6) is -0.551. The summed E-state index contributed by atoms with van der Waals surface area (Å²) in [5, 5.41) is 18.7. The standard InChI is InChI=1S/C25H19N3O3/c29-23-15-12-17-6-4-5-9-21(17)22(23)16-26-28-25(31)19-10-13-20(14-11-19)27-24(30)18-7-2-1-3-8-18/h1-16,29H,(H,27,30)(H,28,31)/b26-16+. The fourth-order valence-electron chi connectivity index (χ4n) is 3.14. The van der Waals surface area contributed by atoms with Gasteiger partial charge in [-0.2, -0.15) is 5.10 Å². The van der Waals surface area contributed by atoms with Gasteiger partial charge in [0.1, 0.15) is 5.75 Å². The summed E-state index contributed by atoms with van der Waals surface area (Å²) in [6.45, 7) is 0. The number of aromatic hydroxyl groups is 1. The Labute approximate surface area is 178 Å². The second kappa shape index (κ2) is 8.92. The quantitative estimate of drug-likeness (QED) is 0.333. The average Bonchev–Trinajstić information content (AvgIpc) is 2.81. The van der Waals surface area contributed by atoms with Gasteiger partial charge in [0.2, 0.25) is 0 Å². The van der Waals surface area contributed by atoms with Crippen LogP contribution >= 0.6 is 0 Å². The fourth-order valence-corrected chi connectivity index (χ4v) is 3.14. The monoisotopic (exact) mass is 409 g/mol. The van der Waals surface area contributed by atoms with Crippen molar-refractivity contribution in [2.75, 3.05) is 5.32 Å². The number of phenolic OH excluding ortho intramolecular Hbond substituents is 1. The first-order valence-electron chi connectivity index (χ1n) is 9.62. The van der Waals surface area contributed by atoms with Gasteiger partial charge in [0.15, 0.2) is 0 Å². The third-order valence-electron chi connectivity index (χ3n) is 4.75. The lowest BCUT2D eigenvalue weighted by Crippen LogP contribution is -2.18. The third kappa shape index (κ3) is 4.59. The van der Waals surface area contributed by atoms with Crippen LogP contribution in [0.4, 0.5) is 5.69 Å². The molecule has 6 heteroatoms. The number of benzene rings is 4. The van der Waals surface area contributed by atoms with Crippen LogP contribution in [0.25, 0.3) is 10.8 Å². The molecule has 4 rings (SSSR count). The number of nitrogens with one attached hydrogen (secondary N) is 2. The first-order chi connectivity index (χ1) is 15.1. The van der Waals surface area contributed by atoms with Gasteiger partial charge in [0, 0.05) is 22.4 Å². The third-order valence-corrected chi connectivity index (χ3v) is 4.75. The lowest BCUT2D eigenvalue weighted by molar-refractivity contribution is 0.0954. The van der Waals surface area contributed by atoms with Gasteiger partial charge >= 0.3 is 0 Å². The number of hydrogen-bond donors (Lipinski definition) is 3. The molecule has 0 aliphatic carbocycles. The Bertz CT molecular complexity index is 1270. The van der Waals surface area contributed by atoms with E-state index in [4.69, 9.17) is 0 Å². The van der Waals surface area contributed by atoms with Crippen molar-refractivity contribution in [2.45, 2.75) is 0 Å². The van der Waals surface area contributed by atoms with Crippen molar-refractivity contribution in [2.24, 2.45) is 5.10 Å². The number of carbonyl (C=O) groups excluding carboxylic acids is 2. The van der Waals surface area contributed by atoms with Gasteiger partial charge in [-0.15, -0.1) is 0 Å². The topological polar surface area (TPSA) is 90.8 Å². The highest BCUT2D eigenvalue weighted by Gasteiger charge is 2.08. The van der Waals surface area contributed by atoms with Crippen molar-refractivity contribution in [3.63, 3.8) is 0 Å². The van der Waals surface area contributed by atoms with Gasteiger partial charge < -0.3 is 10.4 Å². The molecule has 0 radical (unpaired) electrons. The Kier molecular flexibility index (Phi) is 5.71. The molecule has 0 atom stereocenters. The van der Waals surface area contributed by atoms with Crippen LogP contribution in [0, 0.1) is 0 Å². The molecule has 0 unspecified atom stereocenters. The second-order valence-electron chi connectivity index (χ2n) is 6.82. The zero-order valence-corrected chi connectivity index (χ0v) is 16.4. The largest absolute Gasteiger partial charge is 0.507 e.